The van der Waals surface area contributed by atoms with Crippen LogP contribution in [0.3, 0.4) is 0 Å². The van der Waals surface area contributed by atoms with Crippen molar-refractivity contribution < 1.29 is 18.7 Å². The summed E-state index contributed by atoms with van der Waals surface area (Å²) in [6, 6.07) is 13.8. The molecule has 2 aromatic carbocycles. The van der Waals surface area contributed by atoms with E-state index in [0.29, 0.717) is 23.1 Å². The Morgan fingerprint density at radius 2 is 1.67 bits per heavy atom. The van der Waals surface area contributed by atoms with Crippen molar-refractivity contribution in [2.75, 3.05) is 26.6 Å². The fourth-order valence-corrected chi connectivity index (χ4v) is 3.84. The van der Waals surface area contributed by atoms with Crippen LogP contribution in [0.4, 0.5) is 5.82 Å². The standard InChI is InChI=1S/C23H25N3O4/c1-13-10-20(26-30-13)25-22(21-14(2)24-17-9-7-6-8-16(17)21)15-11-18(27-3)23(29-5)19(12-15)28-4/h6-12,22,24H,1-5H3,(H,25,26)/t22-/m0/s1. The van der Waals surface area contributed by atoms with Gasteiger partial charge in [-0.15, -0.1) is 0 Å². The first-order valence-corrected chi connectivity index (χ1v) is 9.62. The van der Waals surface area contributed by atoms with E-state index in [1.165, 1.54) is 0 Å². The van der Waals surface area contributed by atoms with Gasteiger partial charge in [0.2, 0.25) is 5.75 Å². The summed E-state index contributed by atoms with van der Waals surface area (Å²) in [6.07, 6.45) is 0. The molecule has 0 aliphatic rings. The van der Waals surface area contributed by atoms with Crippen LogP contribution in [0.1, 0.15) is 28.6 Å². The van der Waals surface area contributed by atoms with Crippen LogP contribution in [-0.2, 0) is 0 Å². The van der Waals surface area contributed by atoms with Gasteiger partial charge in [0.1, 0.15) is 5.76 Å². The van der Waals surface area contributed by atoms with Crippen LogP contribution in [-0.4, -0.2) is 31.5 Å². The highest BCUT2D eigenvalue weighted by Gasteiger charge is 2.25. The fraction of sp³-hybridized carbons (Fsp3) is 0.261. The number of hydrogen-bond acceptors (Lipinski definition) is 6. The molecular weight excluding hydrogens is 382 g/mol. The van der Waals surface area contributed by atoms with Crippen molar-refractivity contribution in [2.24, 2.45) is 0 Å². The normalized spacial score (nSPS) is 12.0. The van der Waals surface area contributed by atoms with E-state index in [9.17, 15) is 0 Å². The number of benzene rings is 2. The molecule has 0 saturated carbocycles. The van der Waals surface area contributed by atoms with E-state index in [0.717, 1.165) is 33.5 Å². The summed E-state index contributed by atoms with van der Waals surface area (Å²) in [5.74, 6) is 3.11. The number of para-hydroxylation sites is 1. The number of hydrogen-bond donors (Lipinski definition) is 2. The predicted octanol–water partition coefficient (Wildman–Crippen LogP) is 5.00. The number of rotatable bonds is 7. The number of aryl methyl sites for hydroxylation is 2. The Labute approximate surface area is 174 Å². The molecule has 0 aliphatic carbocycles. The summed E-state index contributed by atoms with van der Waals surface area (Å²) >= 11 is 0. The van der Waals surface area contributed by atoms with Gasteiger partial charge in [-0.25, -0.2) is 0 Å². The van der Waals surface area contributed by atoms with Crippen molar-refractivity contribution in [1.29, 1.82) is 0 Å². The maximum atomic E-state index is 5.58. The van der Waals surface area contributed by atoms with Crippen LogP contribution < -0.4 is 19.5 Å². The van der Waals surface area contributed by atoms with Crippen LogP contribution in [0.5, 0.6) is 17.2 Å². The summed E-state index contributed by atoms with van der Waals surface area (Å²) in [5.41, 5.74) is 4.18. The zero-order valence-electron chi connectivity index (χ0n) is 17.7. The van der Waals surface area contributed by atoms with Gasteiger partial charge in [-0.2, -0.15) is 0 Å². The molecule has 2 heterocycles. The Hall–Kier alpha value is -3.61. The molecule has 4 aromatic rings. The van der Waals surface area contributed by atoms with Crippen molar-refractivity contribution in [3.05, 3.63) is 65.0 Å². The molecule has 0 fully saturated rings. The van der Waals surface area contributed by atoms with Gasteiger partial charge in [-0.1, -0.05) is 23.4 Å². The number of anilines is 1. The Bertz CT molecular complexity index is 1150. The van der Waals surface area contributed by atoms with Crippen molar-refractivity contribution in [3.8, 4) is 17.2 Å². The van der Waals surface area contributed by atoms with Crippen molar-refractivity contribution in [2.45, 2.75) is 19.9 Å². The van der Waals surface area contributed by atoms with Crippen molar-refractivity contribution >= 4 is 16.7 Å². The SMILES string of the molecule is COc1cc([C@H](Nc2cc(C)on2)c2c(C)[nH]c3ccccc23)cc(OC)c1OC. The molecule has 2 aromatic heterocycles. The summed E-state index contributed by atoms with van der Waals surface area (Å²) < 4.78 is 21.9. The molecular formula is C23H25N3O4. The number of nitrogens with zero attached hydrogens (tertiary/aromatic N) is 1. The van der Waals surface area contributed by atoms with Crippen molar-refractivity contribution in [3.63, 3.8) is 0 Å². The molecule has 30 heavy (non-hydrogen) atoms. The lowest BCUT2D eigenvalue weighted by Crippen LogP contribution is -2.14. The smallest absolute Gasteiger partial charge is 0.203 e. The van der Waals surface area contributed by atoms with Gasteiger partial charge in [0, 0.05) is 28.2 Å². The summed E-state index contributed by atoms with van der Waals surface area (Å²) in [5, 5.41) is 8.78. The summed E-state index contributed by atoms with van der Waals surface area (Å²) in [4.78, 5) is 3.48. The van der Waals surface area contributed by atoms with E-state index in [1.54, 1.807) is 21.3 Å². The van der Waals surface area contributed by atoms with E-state index in [1.807, 2.05) is 37.3 Å². The largest absolute Gasteiger partial charge is 0.493 e. The van der Waals surface area contributed by atoms with Crippen LogP contribution in [0.25, 0.3) is 10.9 Å². The molecule has 0 aliphatic heterocycles. The highest BCUT2D eigenvalue weighted by molar-refractivity contribution is 5.86. The molecule has 4 rings (SSSR count). The third kappa shape index (κ3) is 3.43. The third-order valence-electron chi connectivity index (χ3n) is 5.17. The second kappa shape index (κ2) is 8.02. The maximum absolute atomic E-state index is 5.58. The van der Waals surface area contributed by atoms with Gasteiger partial charge in [0.15, 0.2) is 17.3 Å². The number of aromatic nitrogens is 2. The lowest BCUT2D eigenvalue weighted by atomic mass is 9.95. The molecule has 7 nitrogen and oxygen atoms in total. The Kier molecular flexibility index (Phi) is 5.27. The van der Waals surface area contributed by atoms with E-state index >= 15 is 0 Å². The topological polar surface area (TPSA) is 81.5 Å². The first kappa shape index (κ1) is 19.7. The van der Waals surface area contributed by atoms with Gasteiger partial charge in [0.25, 0.3) is 0 Å². The minimum Gasteiger partial charge on any atom is -0.493 e. The van der Waals surface area contributed by atoms with Gasteiger partial charge < -0.3 is 29.0 Å². The third-order valence-corrected chi connectivity index (χ3v) is 5.17. The minimum absolute atomic E-state index is 0.237. The highest BCUT2D eigenvalue weighted by atomic mass is 16.5. The van der Waals surface area contributed by atoms with Crippen LogP contribution in [0.2, 0.25) is 0 Å². The van der Waals surface area contributed by atoms with Gasteiger partial charge >= 0.3 is 0 Å². The lowest BCUT2D eigenvalue weighted by Gasteiger charge is -2.22. The van der Waals surface area contributed by atoms with Gasteiger partial charge in [0.05, 0.1) is 27.4 Å². The average Bonchev–Trinajstić information content (AvgIpc) is 3.32. The lowest BCUT2D eigenvalue weighted by molar-refractivity contribution is 0.323. The van der Waals surface area contributed by atoms with Crippen molar-refractivity contribution in [1.82, 2.24) is 10.1 Å². The minimum atomic E-state index is -0.237. The molecule has 1 atom stereocenters. The average molecular weight is 407 g/mol. The second-order valence-electron chi connectivity index (χ2n) is 7.07. The monoisotopic (exact) mass is 407 g/mol. The molecule has 0 unspecified atom stereocenters. The highest BCUT2D eigenvalue weighted by Crippen LogP contribution is 2.43. The molecule has 0 saturated heterocycles. The first-order chi connectivity index (χ1) is 14.5. The fourth-order valence-electron chi connectivity index (χ4n) is 3.84. The predicted molar refractivity (Wildman–Crippen MR) is 116 cm³/mol. The zero-order valence-corrected chi connectivity index (χ0v) is 17.7. The molecule has 0 spiro atoms. The van der Waals surface area contributed by atoms with Gasteiger partial charge in [-0.05, 0) is 37.6 Å². The summed E-state index contributed by atoms with van der Waals surface area (Å²) in [7, 11) is 4.82. The van der Waals surface area contributed by atoms with E-state index in [2.05, 4.69) is 34.5 Å². The number of fused-ring (bicyclic) bond motifs is 1. The second-order valence-corrected chi connectivity index (χ2v) is 7.07. The van der Waals surface area contributed by atoms with Crippen LogP contribution in [0.15, 0.2) is 47.0 Å². The number of nitrogens with one attached hydrogen (secondary N) is 2. The maximum Gasteiger partial charge on any atom is 0.203 e. The number of ether oxygens (including phenoxy) is 3. The zero-order chi connectivity index (χ0) is 21.3. The first-order valence-electron chi connectivity index (χ1n) is 9.62. The molecule has 156 valence electrons. The molecule has 0 radical (unpaired) electrons. The van der Waals surface area contributed by atoms with Crippen LogP contribution >= 0.6 is 0 Å². The molecule has 7 heteroatoms. The summed E-state index contributed by atoms with van der Waals surface area (Å²) in [6.45, 7) is 3.93. The van der Waals surface area contributed by atoms with Crippen LogP contribution in [0, 0.1) is 13.8 Å². The number of methoxy groups -OCH3 is 3. The quantitative estimate of drug-likeness (QED) is 0.449. The van der Waals surface area contributed by atoms with E-state index in [-0.39, 0.29) is 6.04 Å². The Morgan fingerprint density at radius 3 is 2.27 bits per heavy atom. The number of H-pyrrole nitrogens is 1. The van der Waals surface area contributed by atoms with E-state index < -0.39 is 0 Å². The molecule has 0 amide bonds. The number of aromatic amines is 1. The van der Waals surface area contributed by atoms with Gasteiger partial charge in [-0.3, -0.25) is 0 Å². The molecule has 0 bridgehead atoms. The molecule has 2 N–H and O–H groups in total. The Balaban J connectivity index is 1.93. The Morgan fingerprint density at radius 1 is 0.967 bits per heavy atom. The van der Waals surface area contributed by atoms with E-state index in [4.69, 9.17) is 18.7 Å².